The first-order valence-electron chi connectivity index (χ1n) is 14.4. The first-order chi connectivity index (χ1) is 21.4. The molecule has 0 bridgehead atoms. The van der Waals surface area contributed by atoms with Gasteiger partial charge in [-0.15, -0.1) is 0 Å². The number of non-ortho nitro benzene ring substituents is 1. The molecule has 3 amide bonds. The maximum absolute atomic E-state index is 14.0. The molecular formula is C32H27N7O5. The molecule has 2 fully saturated rings. The van der Waals surface area contributed by atoms with Crippen LogP contribution in [0.25, 0.3) is 6.08 Å². The average Bonchev–Trinajstić information content (AvgIpc) is 3.71. The molecule has 0 spiro atoms. The lowest BCUT2D eigenvalue weighted by atomic mass is 9.77. The third-order valence-corrected chi connectivity index (χ3v) is 8.51. The van der Waals surface area contributed by atoms with Gasteiger partial charge >= 0.3 is 0 Å². The van der Waals surface area contributed by atoms with E-state index in [9.17, 15) is 24.5 Å². The summed E-state index contributed by atoms with van der Waals surface area (Å²) in [5, 5.41) is 26.8. The van der Waals surface area contributed by atoms with Crippen molar-refractivity contribution in [2.24, 2.45) is 21.4 Å². The van der Waals surface area contributed by atoms with Gasteiger partial charge in [-0.2, -0.15) is 10.2 Å². The fraction of sp³-hybridized carbons (Fsp3) is 0.250. The maximum Gasteiger partial charge on any atom is 0.269 e. The van der Waals surface area contributed by atoms with Crippen LogP contribution in [0.1, 0.15) is 36.4 Å². The lowest BCUT2D eigenvalue weighted by Crippen LogP contribution is -2.45. The number of nitro benzene ring substituents is 1. The van der Waals surface area contributed by atoms with Crippen LogP contribution in [0.2, 0.25) is 0 Å². The lowest BCUT2D eigenvalue weighted by Gasteiger charge is -2.30. The molecule has 4 atom stereocenters. The van der Waals surface area contributed by atoms with Gasteiger partial charge in [0.15, 0.2) is 12.1 Å². The summed E-state index contributed by atoms with van der Waals surface area (Å²) >= 11 is 0. The van der Waals surface area contributed by atoms with Gasteiger partial charge < -0.3 is 0 Å². The number of benzene rings is 3. The molecule has 3 aromatic carbocycles. The molecule has 220 valence electrons. The van der Waals surface area contributed by atoms with Gasteiger partial charge in [0, 0.05) is 18.1 Å². The number of anilines is 1. The molecule has 12 heteroatoms. The van der Waals surface area contributed by atoms with Crippen LogP contribution in [0.5, 0.6) is 0 Å². The average molecular weight is 590 g/mol. The molecule has 0 radical (unpaired) electrons. The highest BCUT2D eigenvalue weighted by Gasteiger charge is 2.55. The second-order valence-corrected chi connectivity index (χ2v) is 11.1. The zero-order chi connectivity index (χ0) is 30.4. The summed E-state index contributed by atoms with van der Waals surface area (Å²) in [5.41, 5.74) is 4.04. The van der Waals surface area contributed by atoms with Gasteiger partial charge in [0.2, 0.25) is 0 Å². The minimum Gasteiger partial charge on any atom is -0.271 e. The molecule has 1 saturated heterocycles. The summed E-state index contributed by atoms with van der Waals surface area (Å²) in [6.45, 7) is -0.303. The van der Waals surface area contributed by atoms with E-state index in [0.717, 1.165) is 46.6 Å². The van der Waals surface area contributed by atoms with Gasteiger partial charge in [0.1, 0.15) is 6.54 Å². The van der Waals surface area contributed by atoms with Gasteiger partial charge in [-0.05, 0) is 54.2 Å². The number of nitrogens with zero attached hydrogens (tertiary/aromatic N) is 7. The zero-order valence-electron chi connectivity index (χ0n) is 23.5. The largest absolute Gasteiger partial charge is 0.271 e. The van der Waals surface area contributed by atoms with Crippen molar-refractivity contribution in [3.05, 3.63) is 112 Å². The molecule has 1 aliphatic carbocycles. The van der Waals surface area contributed by atoms with Crippen molar-refractivity contribution in [2.45, 2.75) is 37.4 Å². The van der Waals surface area contributed by atoms with Crippen molar-refractivity contribution in [2.75, 3.05) is 11.4 Å². The van der Waals surface area contributed by atoms with Gasteiger partial charge in [0.05, 0.1) is 22.4 Å². The first kappa shape index (κ1) is 27.3. The Labute approximate surface area is 252 Å². The summed E-state index contributed by atoms with van der Waals surface area (Å²) in [4.78, 5) is 52.1. The van der Waals surface area contributed by atoms with Crippen molar-refractivity contribution in [3.8, 4) is 0 Å². The number of allylic oxidation sites excluding steroid dienone is 1. The topological polar surface area (TPSA) is 141 Å². The van der Waals surface area contributed by atoms with Crippen LogP contribution in [0.15, 0.2) is 106 Å². The number of amides is 3. The van der Waals surface area contributed by atoms with Gasteiger partial charge in [-0.25, -0.2) is 9.91 Å². The molecule has 12 nitrogen and oxygen atoms in total. The fourth-order valence-corrected chi connectivity index (χ4v) is 6.48. The number of fused-ring (bicyclic) bond motifs is 2. The number of hydrogen-bond acceptors (Lipinski definition) is 9. The van der Waals surface area contributed by atoms with E-state index in [4.69, 9.17) is 5.10 Å². The lowest BCUT2D eigenvalue weighted by molar-refractivity contribution is -0.384. The second-order valence-electron chi connectivity index (χ2n) is 11.1. The van der Waals surface area contributed by atoms with E-state index in [2.05, 4.69) is 16.4 Å². The van der Waals surface area contributed by atoms with Gasteiger partial charge in [0.25, 0.3) is 23.4 Å². The Morgan fingerprint density at radius 1 is 0.932 bits per heavy atom. The Hall–Kier alpha value is -5.52. The number of hydrogen-bond donors (Lipinski definition) is 0. The smallest absolute Gasteiger partial charge is 0.269 e. The molecule has 0 unspecified atom stereocenters. The van der Waals surface area contributed by atoms with Crippen LogP contribution < -0.4 is 4.90 Å². The Balaban J connectivity index is 1.16. The summed E-state index contributed by atoms with van der Waals surface area (Å²) in [6.07, 6.45) is 4.83. The molecule has 44 heavy (non-hydrogen) atoms. The minimum absolute atomic E-state index is 0.00494. The third kappa shape index (κ3) is 4.64. The van der Waals surface area contributed by atoms with E-state index in [1.54, 1.807) is 0 Å². The van der Waals surface area contributed by atoms with E-state index in [-0.39, 0.29) is 35.8 Å². The molecular weight excluding hydrogens is 562 g/mol. The van der Waals surface area contributed by atoms with E-state index in [0.29, 0.717) is 0 Å². The number of carbonyl (C=O) groups is 3. The highest BCUT2D eigenvalue weighted by molar-refractivity contribution is 6.25. The Kier molecular flexibility index (Phi) is 6.80. The van der Waals surface area contributed by atoms with Crippen molar-refractivity contribution in [1.82, 2.24) is 10.0 Å². The molecule has 0 N–H and O–H groups in total. The Morgan fingerprint density at radius 3 is 2.34 bits per heavy atom. The summed E-state index contributed by atoms with van der Waals surface area (Å²) in [7, 11) is 0. The van der Waals surface area contributed by atoms with E-state index >= 15 is 0 Å². The molecule has 1 saturated carbocycles. The number of imide groups is 1. The molecule has 3 aromatic rings. The summed E-state index contributed by atoms with van der Waals surface area (Å²) < 4.78 is 0. The van der Waals surface area contributed by atoms with Gasteiger partial charge in [-0.3, -0.25) is 29.5 Å². The summed E-state index contributed by atoms with van der Waals surface area (Å²) in [5.74, 6) is -1.56. The van der Waals surface area contributed by atoms with Crippen molar-refractivity contribution in [1.29, 1.82) is 0 Å². The van der Waals surface area contributed by atoms with Crippen molar-refractivity contribution < 1.29 is 19.3 Å². The predicted octanol–water partition coefficient (Wildman–Crippen LogP) is 4.71. The highest BCUT2D eigenvalue weighted by Crippen LogP contribution is 2.44. The molecule has 0 aromatic heterocycles. The van der Waals surface area contributed by atoms with Crippen LogP contribution >= 0.6 is 0 Å². The SMILES string of the molecule is O=C1[C@@H]2N=NN(CC(=O)N3N=C4/C(=C\c5ccccc5)CCC[C@@H]4[C@@H]3c3ccccc3)[C@H]2C(=O)N1c1ccc([N+](=O)[O-])cc1. The third-order valence-electron chi connectivity index (χ3n) is 8.51. The maximum atomic E-state index is 14.0. The normalized spacial score (nSPS) is 25.0. The molecule has 4 aliphatic rings. The quantitative estimate of drug-likeness (QED) is 0.232. The number of carbonyl (C=O) groups excluding carboxylic acids is 3. The molecule has 7 rings (SSSR count). The van der Waals surface area contributed by atoms with E-state index < -0.39 is 28.8 Å². The van der Waals surface area contributed by atoms with Crippen LogP contribution in [0, 0.1) is 16.0 Å². The highest BCUT2D eigenvalue weighted by atomic mass is 16.6. The zero-order valence-corrected chi connectivity index (χ0v) is 23.5. The van der Waals surface area contributed by atoms with Crippen LogP contribution in [0.3, 0.4) is 0 Å². The van der Waals surface area contributed by atoms with Gasteiger partial charge in [-0.1, -0.05) is 65.9 Å². The molecule has 3 heterocycles. The fourth-order valence-electron chi connectivity index (χ4n) is 6.48. The van der Waals surface area contributed by atoms with Crippen molar-refractivity contribution in [3.63, 3.8) is 0 Å². The second kappa shape index (κ2) is 11.0. The van der Waals surface area contributed by atoms with Crippen LogP contribution in [-0.2, 0) is 14.4 Å². The van der Waals surface area contributed by atoms with Crippen molar-refractivity contribution >= 4 is 40.9 Å². The molecule has 3 aliphatic heterocycles. The number of hydrazone groups is 1. The Morgan fingerprint density at radius 2 is 1.64 bits per heavy atom. The van der Waals surface area contributed by atoms with Crippen LogP contribution in [0.4, 0.5) is 11.4 Å². The standard InChI is InChI=1S/C32H27N7O5/c40-26(19-36-30-28(33-35-36)31(41)37(32(30)42)23-14-16-24(17-15-23)39(43)44)38-29(21-10-5-2-6-11-21)25-13-7-12-22(27(25)34-38)18-20-8-3-1-4-9-20/h1-6,8-11,14-18,25,28-30H,7,12-13,19H2/b22-18-/t25-,28+,29-,30+/m0/s1. The van der Waals surface area contributed by atoms with Crippen LogP contribution in [-0.4, -0.2) is 57.0 Å². The first-order valence-corrected chi connectivity index (χ1v) is 14.4. The number of rotatable bonds is 6. The van der Waals surface area contributed by atoms with E-state index in [1.165, 1.54) is 34.3 Å². The minimum atomic E-state index is -1.11. The van der Waals surface area contributed by atoms with E-state index in [1.807, 2.05) is 60.7 Å². The monoisotopic (exact) mass is 589 g/mol. The predicted molar refractivity (Wildman–Crippen MR) is 160 cm³/mol. The number of nitro groups is 1. The summed E-state index contributed by atoms with van der Waals surface area (Å²) in [6, 6.07) is 22.4. The Bertz CT molecular complexity index is 1740.